The Kier molecular flexibility index (Phi) is 3.60. The monoisotopic (exact) mass is 182 g/mol. The summed E-state index contributed by atoms with van der Waals surface area (Å²) in [4.78, 5) is 10.9. The van der Waals surface area contributed by atoms with Crippen molar-refractivity contribution in [2.75, 3.05) is 0 Å². The molecular formula is C10H14OS. The van der Waals surface area contributed by atoms with Crippen molar-refractivity contribution in [3.05, 3.63) is 23.6 Å². The van der Waals surface area contributed by atoms with Gasteiger partial charge in [-0.3, -0.25) is 4.79 Å². The van der Waals surface area contributed by atoms with Crippen LogP contribution in [0.1, 0.15) is 25.7 Å². The molecule has 0 heterocycles. The van der Waals surface area contributed by atoms with Crippen LogP contribution in [0, 0.1) is 5.92 Å². The summed E-state index contributed by atoms with van der Waals surface area (Å²) in [5, 5.41) is 1.80. The number of hydrogen-bond donors (Lipinski definition) is 1. The second-order valence-corrected chi connectivity index (χ2v) is 3.40. The largest absolute Gasteiger partial charge is 0.300 e. The van der Waals surface area contributed by atoms with Crippen LogP contribution in [0.3, 0.4) is 0 Å². The van der Waals surface area contributed by atoms with Gasteiger partial charge in [0.2, 0.25) is 0 Å². The average Bonchev–Trinajstić information content (AvgIpc) is 2.10. The average molecular weight is 182 g/mol. The van der Waals surface area contributed by atoms with Crippen LogP contribution in [-0.2, 0) is 4.79 Å². The third-order valence-electron chi connectivity index (χ3n) is 2.40. The summed E-state index contributed by atoms with van der Waals surface area (Å²) in [5.74, 6) is 0.909. The predicted molar refractivity (Wildman–Crippen MR) is 54.2 cm³/mol. The summed E-state index contributed by atoms with van der Waals surface area (Å²) in [5.41, 5.74) is 1.17. The lowest BCUT2D eigenvalue weighted by atomic mass is 9.84. The molecule has 0 bridgehead atoms. The normalized spacial score (nSPS) is 21.1. The van der Waals surface area contributed by atoms with Crippen molar-refractivity contribution in [2.24, 2.45) is 5.92 Å². The molecule has 0 atom stereocenters. The van der Waals surface area contributed by atoms with Crippen LogP contribution in [-0.4, -0.2) is 5.78 Å². The van der Waals surface area contributed by atoms with Crippen LogP contribution in [0.5, 0.6) is 0 Å². The molecule has 0 aliphatic heterocycles. The lowest BCUT2D eigenvalue weighted by Crippen LogP contribution is -2.14. The number of Topliss-reactive ketones (excluding diaryl/α,β-unsaturated/α-hetero) is 1. The number of rotatable bonds is 2. The van der Waals surface area contributed by atoms with Crippen LogP contribution in [0.4, 0.5) is 0 Å². The highest BCUT2D eigenvalue weighted by Crippen LogP contribution is 2.28. The lowest BCUT2D eigenvalue weighted by molar-refractivity contribution is -0.120. The minimum atomic E-state index is 0.397. The number of thiol groups is 1. The van der Waals surface area contributed by atoms with Gasteiger partial charge in [-0.2, -0.15) is 12.6 Å². The topological polar surface area (TPSA) is 17.1 Å². The highest BCUT2D eigenvalue weighted by atomic mass is 32.1. The molecule has 12 heavy (non-hydrogen) atoms. The Bertz CT molecular complexity index is 208. The quantitative estimate of drug-likeness (QED) is 0.513. The molecule has 1 saturated carbocycles. The molecule has 1 fully saturated rings. The van der Waals surface area contributed by atoms with Gasteiger partial charge in [-0.05, 0) is 29.7 Å². The standard InChI is InChI=1S/C10H14OS/c1-2-8(7-12)9-3-5-10(11)6-4-9/h2,7,9,12H,1,3-6H2/b8-7+. The van der Waals surface area contributed by atoms with Crippen molar-refractivity contribution in [3.8, 4) is 0 Å². The Morgan fingerprint density at radius 1 is 1.50 bits per heavy atom. The minimum Gasteiger partial charge on any atom is -0.300 e. The minimum absolute atomic E-state index is 0.397. The fourth-order valence-electron chi connectivity index (χ4n) is 1.60. The molecule has 0 unspecified atom stereocenters. The summed E-state index contributed by atoms with van der Waals surface area (Å²) in [7, 11) is 0. The fourth-order valence-corrected chi connectivity index (χ4v) is 1.91. The number of hydrogen-bond acceptors (Lipinski definition) is 2. The smallest absolute Gasteiger partial charge is 0.132 e. The van der Waals surface area contributed by atoms with E-state index in [1.165, 1.54) is 5.57 Å². The molecule has 0 radical (unpaired) electrons. The Morgan fingerprint density at radius 2 is 2.08 bits per heavy atom. The molecule has 2 heteroatoms. The highest BCUT2D eigenvalue weighted by molar-refractivity contribution is 7.83. The summed E-state index contributed by atoms with van der Waals surface area (Å²) in [6, 6.07) is 0. The van der Waals surface area contributed by atoms with Crippen molar-refractivity contribution in [3.63, 3.8) is 0 Å². The molecule has 1 nitrogen and oxygen atoms in total. The van der Waals surface area contributed by atoms with E-state index < -0.39 is 0 Å². The zero-order valence-corrected chi connectivity index (χ0v) is 8.02. The van der Waals surface area contributed by atoms with Crippen LogP contribution in [0.15, 0.2) is 23.6 Å². The van der Waals surface area contributed by atoms with Crippen molar-refractivity contribution in [1.82, 2.24) is 0 Å². The second-order valence-electron chi connectivity index (χ2n) is 3.15. The fraction of sp³-hybridized carbons (Fsp3) is 0.500. The molecule has 0 N–H and O–H groups in total. The number of carbonyl (C=O) groups excluding carboxylic acids is 1. The van der Waals surface area contributed by atoms with Gasteiger partial charge >= 0.3 is 0 Å². The van der Waals surface area contributed by atoms with Gasteiger partial charge in [0, 0.05) is 12.8 Å². The van der Waals surface area contributed by atoms with Crippen molar-refractivity contribution >= 4 is 18.4 Å². The van der Waals surface area contributed by atoms with Gasteiger partial charge in [-0.15, -0.1) is 0 Å². The van der Waals surface area contributed by atoms with E-state index in [2.05, 4.69) is 19.2 Å². The van der Waals surface area contributed by atoms with Gasteiger partial charge in [0.1, 0.15) is 5.78 Å². The summed E-state index contributed by atoms with van der Waals surface area (Å²) < 4.78 is 0. The molecule has 0 saturated heterocycles. The molecule has 0 aromatic carbocycles. The zero-order chi connectivity index (χ0) is 8.97. The number of ketones is 1. The van der Waals surface area contributed by atoms with Crippen LogP contribution >= 0.6 is 12.6 Å². The van der Waals surface area contributed by atoms with E-state index in [0.717, 1.165) is 25.7 Å². The van der Waals surface area contributed by atoms with Gasteiger partial charge in [0.25, 0.3) is 0 Å². The maximum Gasteiger partial charge on any atom is 0.132 e. The Labute approximate surface area is 79.0 Å². The third kappa shape index (κ3) is 2.24. The van der Waals surface area contributed by atoms with Crippen molar-refractivity contribution in [2.45, 2.75) is 25.7 Å². The molecule has 0 aromatic rings. The molecule has 1 aliphatic carbocycles. The van der Waals surface area contributed by atoms with Gasteiger partial charge in [0.05, 0.1) is 0 Å². The van der Waals surface area contributed by atoms with E-state index in [0.29, 0.717) is 11.7 Å². The number of carbonyl (C=O) groups is 1. The summed E-state index contributed by atoms with van der Waals surface area (Å²) in [6.07, 6.45) is 5.23. The van der Waals surface area contributed by atoms with Gasteiger partial charge < -0.3 is 0 Å². The van der Waals surface area contributed by atoms with E-state index >= 15 is 0 Å². The van der Waals surface area contributed by atoms with E-state index in [1.807, 2.05) is 6.08 Å². The first-order chi connectivity index (χ1) is 5.77. The Morgan fingerprint density at radius 3 is 2.50 bits per heavy atom. The molecule has 1 rings (SSSR count). The van der Waals surface area contributed by atoms with Crippen LogP contribution < -0.4 is 0 Å². The van der Waals surface area contributed by atoms with Crippen LogP contribution in [0.2, 0.25) is 0 Å². The van der Waals surface area contributed by atoms with Gasteiger partial charge in [-0.1, -0.05) is 12.7 Å². The lowest BCUT2D eigenvalue weighted by Gasteiger charge is -2.21. The molecule has 66 valence electrons. The first-order valence-corrected chi connectivity index (χ1v) is 4.78. The number of allylic oxidation sites excluding steroid dienone is 2. The van der Waals surface area contributed by atoms with Gasteiger partial charge in [-0.25, -0.2) is 0 Å². The SMILES string of the molecule is C=C/C(=C\S)C1CCC(=O)CC1. The molecule has 0 amide bonds. The van der Waals surface area contributed by atoms with E-state index in [-0.39, 0.29) is 0 Å². The van der Waals surface area contributed by atoms with Crippen molar-refractivity contribution < 1.29 is 4.79 Å². The van der Waals surface area contributed by atoms with E-state index in [4.69, 9.17) is 0 Å². The molecule has 0 aromatic heterocycles. The maximum atomic E-state index is 10.9. The maximum absolute atomic E-state index is 10.9. The van der Waals surface area contributed by atoms with E-state index in [9.17, 15) is 4.79 Å². The Balaban J connectivity index is 2.54. The van der Waals surface area contributed by atoms with Crippen LogP contribution in [0.25, 0.3) is 0 Å². The first-order valence-electron chi connectivity index (χ1n) is 4.26. The second kappa shape index (κ2) is 4.51. The zero-order valence-electron chi connectivity index (χ0n) is 7.12. The van der Waals surface area contributed by atoms with Crippen molar-refractivity contribution in [1.29, 1.82) is 0 Å². The first kappa shape index (κ1) is 9.59. The molecule has 1 aliphatic rings. The van der Waals surface area contributed by atoms with Gasteiger partial charge in [0.15, 0.2) is 0 Å². The summed E-state index contributed by atoms with van der Waals surface area (Å²) >= 11 is 4.11. The predicted octanol–water partition coefficient (Wildman–Crippen LogP) is 2.75. The van der Waals surface area contributed by atoms with E-state index in [1.54, 1.807) is 5.41 Å². The third-order valence-corrected chi connectivity index (χ3v) is 2.70. The summed E-state index contributed by atoms with van der Waals surface area (Å²) in [6.45, 7) is 3.72. The highest BCUT2D eigenvalue weighted by Gasteiger charge is 2.19. The molecule has 0 spiro atoms. The Hall–Kier alpha value is -0.500. The molecular weight excluding hydrogens is 168 g/mol.